The van der Waals surface area contributed by atoms with Gasteiger partial charge in [0.25, 0.3) is 0 Å². The lowest BCUT2D eigenvalue weighted by Crippen LogP contribution is -2.52. The Morgan fingerprint density at radius 3 is 1.52 bits per heavy atom. The maximum Gasteiger partial charge on any atom is 0.324 e. The van der Waals surface area contributed by atoms with Gasteiger partial charge in [0, 0.05) is 0 Å². The van der Waals surface area contributed by atoms with Gasteiger partial charge in [-0.1, -0.05) is 27.7 Å². The van der Waals surface area contributed by atoms with Crippen molar-refractivity contribution in [2.24, 2.45) is 23.2 Å². The second kappa shape index (κ2) is 11.1. The van der Waals surface area contributed by atoms with Crippen molar-refractivity contribution in [1.29, 1.82) is 0 Å². The summed E-state index contributed by atoms with van der Waals surface area (Å²) >= 11 is 0. The van der Waals surface area contributed by atoms with Crippen LogP contribution in [0.15, 0.2) is 0 Å². The van der Waals surface area contributed by atoms with Crippen LogP contribution in [0.4, 0.5) is 0 Å². The standard InChI is InChI=1S/C19H34O6/c1-8-23-16(20)15(11-13(4)5)19(12-14(6)7,17(21)24-9-2)18(22)25-10-3/h13-15H,8-12H2,1-7H3. The average Bonchev–Trinajstić information content (AvgIpc) is 2.50. The molecule has 0 aliphatic rings. The van der Waals surface area contributed by atoms with Crippen LogP contribution in [-0.4, -0.2) is 37.7 Å². The molecule has 0 aliphatic carbocycles. The minimum atomic E-state index is -1.68. The smallest absolute Gasteiger partial charge is 0.324 e. The number of esters is 3. The predicted octanol–water partition coefficient (Wildman–Crippen LogP) is 3.37. The van der Waals surface area contributed by atoms with E-state index in [4.69, 9.17) is 14.2 Å². The predicted molar refractivity (Wildman–Crippen MR) is 94.7 cm³/mol. The Kier molecular flexibility index (Phi) is 10.4. The van der Waals surface area contributed by atoms with Crippen molar-refractivity contribution >= 4 is 17.9 Å². The lowest BCUT2D eigenvalue weighted by molar-refractivity contribution is -0.186. The molecular weight excluding hydrogens is 324 g/mol. The van der Waals surface area contributed by atoms with Crippen LogP contribution < -0.4 is 0 Å². The minimum Gasteiger partial charge on any atom is -0.466 e. The highest BCUT2D eigenvalue weighted by Crippen LogP contribution is 2.42. The summed E-state index contributed by atoms with van der Waals surface area (Å²) in [6.45, 7) is 13.1. The molecular formula is C19H34O6. The molecule has 0 aromatic rings. The van der Waals surface area contributed by atoms with Crippen molar-refractivity contribution in [3.8, 4) is 0 Å². The molecule has 0 aromatic heterocycles. The molecule has 0 amide bonds. The molecule has 0 aliphatic heterocycles. The molecule has 0 bridgehead atoms. The van der Waals surface area contributed by atoms with Crippen LogP contribution in [0.3, 0.4) is 0 Å². The zero-order valence-electron chi connectivity index (χ0n) is 16.7. The van der Waals surface area contributed by atoms with E-state index in [2.05, 4.69) is 0 Å². The number of ether oxygens (including phenoxy) is 3. The third-order valence-corrected chi connectivity index (χ3v) is 3.88. The van der Waals surface area contributed by atoms with Crippen molar-refractivity contribution in [2.45, 2.75) is 61.3 Å². The number of carbonyl (C=O) groups excluding carboxylic acids is 3. The van der Waals surface area contributed by atoms with Gasteiger partial charge < -0.3 is 14.2 Å². The molecule has 0 N–H and O–H groups in total. The summed E-state index contributed by atoms with van der Waals surface area (Å²) in [5, 5.41) is 0. The number of rotatable bonds is 11. The molecule has 6 heteroatoms. The number of carbonyl (C=O) groups is 3. The highest BCUT2D eigenvalue weighted by molar-refractivity contribution is 6.04. The van der Waals surface area contributed by atoms with Gasteiger partial charge in [-0.05, 0) is 45.4 Å². The molecule has 146 valence electrons. The van der Waals surface area contributed by atoms with Crippen LogP contribution in [-0.2, 0) is 28.6 Å². The first-order chi connectivity index (χ1) is 11.7. The van der Waals surface area contributed by atoms with E-state index in [-0.39, 0.29) is 38.1 Å². The summed E-state index contributed by atoms with van der Waals surface area (Å²) in [5.41, 5.74) is -1.68. The van der Waals surface area contributed by atoms with Gasteiger partial charge in [0.05, 0.1) is 25.7 Å². The van der Waals surface area contributed by atoms with Gasteiger partial charge in [-0.3, -0.25) is 14.4 Å². The molecule has 0 aromatic carbocycles. The fourth-order valence-electron chi connectivity index (χ4n) is 3.05. The zero-order valence-corrected chi connectivity index (χ0v) is 16.7. The normalized spacial score (nSPS) is 12.8. The topological polar surface area (TPSA) is 78.9 Å². The van der Waals surface area contributed by atoms with Crippen LogP contribution in [0.25, 0.3) is 0 Å². The summed E-state index contributed by atoms with van der Waals surface area (Å²) in [4.78, 5) is 38.5. The SMILES string of the molecule is CCOC(=O)C(CC(C)C)C(CC(C)C)(C(=O)OCC)C(=O)OCC. The summed E-state index contributed by atoms with van der Waals surface area (Å²) in [6.07, 6.45) is 0.504. The third kappa shape index (κ3) is 6.33. The van der Waals surface area contributed by atoms with E-state index in [0.29, 0.717) is 6.42 Å². The molecule has 0 rings (SSSR count). The van der Waals surface area contributed by atoms with Crippen molar-refractivity contribution in [1.82, 2.24) is 0 Å². The highest BCUT2D eigenvalue weighted by Gasteiger charge is 2.58. The maximum absolute atomic E-state index is 12.9. The Hall–Kier alpha value is -1.59. The Labute approximate surface area is 151 Å². The second-order valence-corrected chi connectivity index (χ2v) is 6.94. The number of hydrogen-bond acceptors (Lipinski definition) is 6. The Balaban J connectivity index is 6.31. The summed E-state index contributed by atoms with van der Waals surface area (Å²) < 4.78 is 15.6. The van der Waals surface area contributed by atoms with E-state index in [1.54, 1.807) is 20.8 Å². The van der Waals surface area contributed by atoms with Gasteiger partial charge in [0.1, 0.15) is 0 Å². The van der Waals surface area contributed by atoms with E-state index in [1.165, 1.54) is 0 Å². The molecule has 0 saturated carbocycles. The average molecular weight is 358 g/mol. The first kappa shape index (κ1) is 23.4. The quantitative estimate of drug-likeness (QED) is 0.320. The first-order valence-corrected chi connectivity index (χ1v) is 9.18. The maximum atomic E-state index is 12.9. The molecule has 6 nitrogen and oxygen atoms in total. The van der Waals surface area contributed by atoms with Crippen molar-refractivity contribution in [2.75, 3.05) is 19.8 Å². The molecule has 1 atom stereocenters. The van der Waals surface area contributed by atoms with Crippen molar-refractivity contribution in [3.63, 3.8) is 0 Å². The summed E-state index contributed by atoms with van der Waals surface area (Å²) in [5.74, 6) is -2.84. The van der Waals surface area contributed by atoms with Gasteiger partial charge >= 0.3 is 17.9 Å². The Morgan fingerprint density at radius 1 is 0.760 bits per heavy atom. The monoisotopic (exact) mass is 358 g/mol. The largest absolute Gasteiger partial charge is 0.466 e. The Morgan fingerprint density at radius 2 is 1.20 bits per heavy atom. The molecule has 1 unspecified atom stereocenters. The fraction of sp³-hybridized carbons (Fsp3) is 0.842. The Bertz CT molecular complexity index is 423. The molecule has 0 fully saturated rings. The van der Waals surface area contributed by atoms with E-state index in [0.717, 1.165) is 0 Å². The molecule has 25 heavy (non-hydrogen) atoms. The van der Waals surface area contributed by atoms with E-state index >= 15 is 0 Å². The van der Waals surface area contributed by atoms with Crippen LogP contribution in [0.1, 0.15) is 61.3 Å². The van der Waals surface area contributed by atoms with Crippen LogP contribution >= 0.6 is 0 Å². The second-order valence-electron chi connectivity index (χ2n) is 6.94. The van der Waals surface area contributed by atoms with Gasteiger partial charge in [-0.15, -0.1) is 0 Å². The van der Waals surface area contributed by atoms with Crippen molar-refractivity contribution < 1.29 is 28.6 Å². The number of hydrogen-bond donors (Lipinski definition) is 0. The molecule has 0 saturated heterocycles. The highest BCUT2D eigenvalue weighted by atomic mass is 16.6. The van der Waals surface area contributed by atoms with Crippen LogP contribution in [0.2, 0.25) is 0 Å². The molecule has 0 radical (unpaired) electrons. The van der Waals surface area contributed by atoms with Crippen LogP contribution in [0.5, 0.6) is 0 Å². The van der Waals surface area contributed by atoms with Gasteiger partial charge in [-0.25, -0.2) is 0 Å². The zero-order chi connectivity index (χ0) is 19.6. The van der Waals surface area contributed by atoms with E-state index in [1.807, 2.05) is 27.7 Å². The lowest BCUT2D eigenvalue weighted by atomic mass is 9.67. The van der Waals surface area contributed by atoms with Gasteiger partial charge in [0.2, 0.25) is 0 Å². The van der Waals surface area contributed by atoms with Gasteiger partial charge in [0.15, 0.2) is 5.41 Å². The molecule has 0 spiro atoms. The minimum absolute atomic E-state index is 0.0158. The third-order valence-electron chi connectivity index (χ3n) is 3.88. The van der Waals surface area contributed by atoms with Crippen molar-refractivity contribution in [3.05, 3.63) is 0 Å². The van der Waals surface area contributed by atoms with Crippen LogP contribution in [0, 0.1) is 23.2 Å². The van der Waals surface area contributed by atoms with E-state index in [9.17, 15) is 14.4 Å². The first-order valence-electron chi connectivity index (χ1n) is 9.18. The fourth-order valence-corrected chi connectivity index (χ4v) is 3.05. The van der Waals surface area contributed by atoms with E-state index < -0.39 is 29.2 Å². The summed E-state index contributed by atoms with van der Waals surface area (Å²) in [7, 11) is 0. The lowest BCUT2D eigenvalue weighted by Gasteiger charge is -2.36. The summed E-state index contributed by atoms with van der Waals surface area (Å²) in [6, 6.07) is 0. The van der Waals surface area contributed by atoms with Gasteiger partial charge in [-0.2, -0.15) is 0 Å². The molecule has 0 heterocycles.